The lowest BCUT2D eigenvalue weighted by Gasteiger charge is -2.12. The fraction of sp³-hybridized carbons (Fsp3) is 0.294. The predicted octanol–water partition coefficient (Wildman–Crippen LogP) is 3.64. The maximum atomic E-state index is 5.35. The second kappa shape index (κ2) is 4.88. The highest BCUT2D eigenvalue weighted by molar-refractivity contribution is 5.84. The Morgan fingerprint density at radius 2 is 1.67 bits per heavy atom. The Hall–Kier alpha value is -2.36. The monoisotopic (exact) mass is 281 g/mol. The van der Waals surface area contributed by atoms with Crippen molar-refractivity contribution in [2.75, 3.05) is 7.11 Å². The highest BCUT2D eigenvalue weighted by atomic mass is 16.5. The molecule has 0 saturated carbocycles. The third-order valence-electron chi connectivity index (χ3n) is 3.79. The van der Waals surface area contributed by atoms with E-state index in [0.29, 0.717) is 0 Å². The molecule has 0 spiro atoms. The first-order valence-corrected chi connectivity index (χ1v) is 6.99. The zero-order valence-electron chi connectivity index (χ0n) is 13.1. The van der Waals surface area contributed by atoms with E-state index in [2.05, 4.69) is 36.1 Å². The number of aryl methyl sites for hydroxylation is 4. The molecule has 0 bridgehead atoms. The molecule has 0 aliphatic heterocycles. The SMILES string of the molecule is COc1cc(C)c(-c2c(C)nn3ccc(C)nc23)c(C)c1. The first-order valence-electron chi connectivity index (χ1n) is 6.99. The molecular formula is C17H19N3O. The number of benzene rings is 1. The zero-order chi connectivity index (χ0) is 15.1. The van der Waals surface area contributed by atoms with Crippen LogP contribution in [-0.4, -0.2) is 21.7 Å². The zero-order valence-corrected chi connectivity index (χ0v) is 13.1. The molecule has 0 fully saturated rings. The van der Waals surface area contributed by atoms with Crippen LogP contribution in [0.3, 0.4) is 0 Å². The van der Waals surface area contributed by atoms with Gasteiger partial charge in [-0.15, -0.1) is 0 Å². The molecule has 108 valence electrons. The van der Waals surface area contributed by atoms with Crippen molar-refractivity contribution in [3.8, 4) is 16.9 Å². The van der Waals surface area contributed by atoms with Gasteiger partial charge in [-0.3, -0.25) is 0 Å². The van der Waals surface area contributed by atoms with E-state index in [-0.39, 0.29) is 0 Å². The van der Waals surface area contributed by atoms with Gasteiger partial charge in [0.25, 0.3) is 0 Å². The van der Waals surface area contributed by atoms with Crippen LogP contribution in [-0.2, 0) is 0 Å². The van der Waals surface area contributed by atoms with Gasteiger partial charge in [0.05, 0.1) is 18.4 Å². The van der Waals surface area contributed by atoms with Crippen LogP contribution in [0.15, 0.2) is 24.4 Å². The fourth-order valence-electron chi connectivity index (χ4n) is 2.86. The van der Waals surface area contributed by atoms with Crippen molar-refractivity contribution in [1.82, 2.24) is 14.6 Å². The number of fused-ring (bicyclic) bond motifs is 1. The molecule has 0 N–H and O–H groups in total. The van der Waals surface area contributed by atoms with Crippen molar-refractivity contribution in [2.24, 2.45) is 0 Å². The van der Waals surface area contributed by atoms with E-state index in [1.807, 2.05) is 30.6 Å². The molecule has 0 saturated heterocycles. The average molecular weight is 281 g/mol. The van der Waals surface area contributed by atoms with Gasteiger partial charge >= 0.3 is 0 Å². The quantitative estimate of drug-likeness (QED) is 0.720. The lowest BCUT2D eigenvalue weighted by Crippen LogP contribution is -1.94. The number of nitrogens with zero attached hydrogens (tertiary/aromatic N) is 3. The van der Waals surface area contributed by atoms with Gasteiger partial charge in [0.2, 0.25) is 0 Å². The molecule has 2 heterocycles. The summed E-state index contributed by atoms with van der Waals surface area (Å²) in [5, 5.41) is 4.58. The van der Waals surface area contributed by atoms with Crippen LogP contribution in [0, 0.1) is 27.7 Å². The lowest BCUT2D eigenvalue weighted by molar-refractivity contribution is 0.414. The van der Waals surface area contributed by atoms with Gasteiger partial charge in [-0.05, 0) is 62.6 Å². The molecule has 0 unspecified atom stereocenters. The maximum Gasteiger partial charge on any atom is 0.163 e. The smallest absolute Gasteiger partial charge is 0.163 e. The molecule has 21 heavy (non-hydrogen) atoms. The van der Waals surface area contributed by atoms with Crippen molar-refractivity contribution in [3.05, 3.63) is 46.9 Å². The summed E-state index contributed by atoms with van der Waals surface area (Å²) in [5.41, 5.74) is 7.54. The largest absolute Gasteiger partial charge is 0.497 e. The summed E-state index contributed by atoms with van der Waals surface area (Å²) in [6.45, 7) is 8.23. The van der Waals surface area contributed by atoms with Gasteiger partial charge in [0, 0.05) is 11.9 Å². The summed E-state index contributed by atoms with van der Waals surface area (Å²) in [5.74, 6) is 0.881. The van der Waals surface area contributed by atoms with Crippen LogP contribution >= 0.6 is 0 Å². The molecular weight excluding hydrogens is 262 g/mol. The van der Waals surface area contributed by atoms with Crippen LogP contribution in [0.1, 0.15) is 22.5 Å². The molecule has 4 nitrogen and oxygen atoms in total. The third-order valence-corrected chi connectivity index (χ3v) is 3.79. The van der Waals surface area contributed by atoms with Crippen molar-refractivity contribution in [3.63, 3.8) is 0 Å². The van der Waals surface area contributed by atoms with E-state index in [9.17, 15) is 0 Å². The molecule has 0 radical (unpaired) electrons. The van der Waals surface area contributed by atoms with Gasteiger partial charge in [-0.25, -0.2) is 9.50 Å². The summed E-state index contributed by atoms with van der Waals surface area (Å²) < 4.78 is 7.20. The second-order valence-electron chi connectivity index (χ2n) is 5.43. The van der Waals surface area contributed by atoms with E-state index < -0.39 is 0 Å². The number of hydrogen-bond acceptors (Lipinski definition) is 3. The third kappa shape index (κ3) is 2.17. The van der Waals surface area contributed by atoms with Gasteiger partial charge in [-0.1, -0.05) is 0 Å². The molecule has 1 aromatic carbocycles. The Morgan fingerprint density at radius 1 is 1.00 bits per heavy atom. The van der Waals surface area contributed by atoms with Gasteiger partial charge in [0.15, 0.2) is 5.65 Å². The van der Waals surface area contributed by atoms with Crippen molar-refractivity contribution < 1.29 is 4.74 Å². The Labute approximate surface area is 124 Å². The highest BCUT2D eigenvalue weighted by Gasteiger charge is 2.17. The molecule has 3 rings (SSSR count). The minimum absolute atomic E-state index is 0.881. The van der Waals surface area contributed by atoms with E-state index in [0.717, 1.165) is 28.3 Å². The van der Waals surface area contributed by atoms with Crippen LogP contribution in [0.2, 0.25) is 0 Å². The molecule has 4 heteroatoms. The fourth-order valence-corrected chi connectivity index (χ4v) is 2.86. The summed E-state index contributed by atoms with van der Waals surface area (Å²) in [6.07, 6.45) is 1.96. The summed E-state index contributed by atoms with van der Waals surface area (Å²) >= 11 is 0. The highest BCUT2D eigenvalue weighted by Crippen LogP contribution is 2.35. The van der Waals surface area contributed by atoms with Crippen molar-refractivity contribution in [2.45, 2.75) is 27.7 Å². The normalized spacial score (nSPS) is 11.1. The van der Waals surface area contributed by atoms with Gasteiger partial charge < -0.3 is 4.74 Å². The lowest BCUT2D eigenvalue weighted by atomic mass is 9.95. The molecule has 2 aromatic heterocycles. The van der Waals surface area contributed by atoms with Crippen molar-refractivity contribution >= 4 is 5.65 Å². The molecule has 0 atom stereocenters. The Kier molecular flexibility index (Phi) is 3.16. The van der Waals surface area contributed by atoms with Crippen LogP contribution in [0.4, 0.5) is 0 Å². The second-order valence-corrected chi connectivity index (χ2v) is 5.43. The summed E-state index contributed by atoms with van der Waals surface area (Å²) in [7, 11) is 1.69. The maximum absolute atomic E-state index is 5.35. The number of hydrogen-bond donors (Lipinski definition) is 0. The van der Waals surface area contributed by atoms with E-state index in [1.165, 1.54) is 16.7 Å². The van der Waals surface area contributed by atoms with Gasteiger partial charge in [0.1, 0.15) is 5.75 Å². The number of rotatable bonds is 2. The molecule has 0 amide bonds. The number of ether oxygens (including phenoxy) is 1. The number of aromatic nitrogens is 3. The Morgan fingerprint density at radius 3 is 2.29 bits per heavy atom. The summed E-state index contributed by atoms with van der Waals surface area (Å²) in [4.78, 5) is 4.67. The minimum atomic E-state index is 0.881. The molecule has 0 aliphatic carbocycles. The topological polar surface area (TPSA) is 39.4 Å². The standard InChI is InChI=1S/C17H19N3O/c1-10-8-14(21-5)9-11(2)15(10)16-13(4)19-20-7-6-12(3)18-17(16)20/h6-9H,1-5H3. The predicted molar refractivity (Wildman–Crippen MR) is 83.9 cm³/mol. The Bertz CT molecular complexity index is 810. The first-order chi connectivity index (χ1) is 10.0. The van der Waals surface area contributed by atoms with Crippen molar-refractivity contribution in [1.29, 1.82) is 0 Å². The van der Waals surface area contributed by atoms with Gasteiger partial charge in [-0.2, -0.15) is 5.10 Å². The van der Waals surface area contributed by atoms with E-state index in [4.69, 9.17) is 4.74 Å². The van der Waals surface area contributed by atoms with E-state index >= 15 is 0 Å². The van der Waals surface area contributed by atoms with E-state index in [1.54, 1.807) is 7.11 Å². The first kappa shape index (κ1) is 13.6. The average Bonchev–Trinajstić information content (AvgIpc) is 2.74. The van der Waals surface area contributed by atoms with Crippen LogP contribution in [0.5, 0.6) is 5.75 Å². The van der Waals surface area contributed by atoms with Crippen LogP contribution in [0.25, 0.3) is 16.8 Å². The number of methoxy groups -OCH3 is 1. The molecule has 0 aliphatic rings. The van der Waals surface area contributed by atoms with Crippen LogP contribution < -0.4 is 4.74 Å². The summed E-state index contributed by atoms with van der Waals surface area (Å²) in [6, 6.07) is 6.08. The molecule has 3 aromatic rings. The minimum Gasteiger partial charge on any atom is -0.497 e. The Balaban J connectivity index is 2.35.